The molecule has 10 nitrogen and oxygen atoms in total. The monoisotopic (exact) mass is 238 g/mol. The Morgan fingerprint density at radius 1 is 1.21 bits per heavy atom. The lowest BCUT2D eigenvalue weighted by atomic mass is 10.4. The lowest BCUT2D eigenvalue weighted by molar-refractivity contribution is -0.176. The fourth-order valence-electron chi connectivity index (χ4n) is 0.0781. The number of carbonyl (C=O) groups is 1. The largest absolute Gasteiger partial charge is 0.479 e. The van der Waals surface area contributed by atoms with Crippen LogP contribution in [0.25, 0.3) is 0 Å². The fraction of sp³-hybridized carbons (Fsp3) is 0.667. The van der Waals surface area contributed by atoms with Gasteiger partial charge in [-0.15, -0.1) is 0 Å². The third-order valence-electron chi connectivity index (χ3n) is 0.458. The third kappa shape index (κ3) is 42.2. The van der Waals surface area contributed by atoms with Crippen LogP contribution < -0.4 is 0 Å². The predicted octanol–water partition coefficient (Wildman–Crippen LogP) is -2.49. The molecule has 0 rings (SSSR count). The third-order valence-corrected chi connectivity index (χ3v) is 0.458. The average Bonchev–Trinajstić information content (AvgIpc) is 2.03. The van der Waals surface area contributed by atoms with Gasteiger partial charge in [0, 0.05) is 0 Å². The highest BCUT2D eigenvalue weighted by Gasteiger charge is 2.08. The summed E-state index contributed by atoms with van der Waals surface area (Å²) in [6.45, 7) is -0.727. The van der Waals surface area contributed by atoms with E-state index in [9.17, 15) is 4.79 Å². The second kappa shape index (κ2) is 10.5. The molecule has 0 fully saturated rings. The SMILES string of the molecule is O=C(O)C(O)CO.O=P(O)(O)O.OO. The van der Waals surface area contributed by atoms with Gasteiger partial charge < -0.3 is 30.0 Å². The van der Waals surface area contributed by atoms with Crippen molar-refractivity contribution in [1.29, 1.82) is 0 Å². The van der Waals surface area contributed by atoms with E-state index in [2.05, 4.69) is 0 Å². The van der Waals surface area contributed by atoms with Crippen molar-refractivity contribution in [1.82, 2.24) is 0 Å². The van der Waals surface area contributed by atoms with E-state index in [-0.39, 0.29) is 0 Å². The van der Waals surface area contributed by atoms with Crippen molar-refractivity contribution in [3.8, 4) is 0 Å². The summed E-state index contributed by atoms with van der Waals surface area (Å²) in [5.41, 5.74) is 0. The zero-order valence-corrected chi connectivity index (χ0v) is 7.52. The molecule has 0 bridgehead atoms. The highest BCUT2D eigenvalue weighted by atomic mass is 31.2. The van der Waals surface area contributed by atoms with Crippen molar-refractivity contribution < 1.29 is 49.9 Å². The molecule has 1 atom stereocenters. The van der Waals surface area contributed by atoms with Gasteiger partial charge in [0.2, 0.25) is 0 Å². The van der Waals surface area contributed by atoms with Gasteiger partial charge in [0.15, 0.2) is 6.10 Å². The van der Waals surface area contributed by atoms with Crippen LogP contribution in [0.3, 0.4) is 0 Å². The number of rotatable bonds is 2. The standard InChI is InChI=1S/C3H6O4.H3O4P.H2O2/c4-1-2(5)3(6)7;1-5(2,3)4;1-2/h2,4-5H,1H2,(H,6,7);(H3,1,2,3,4);1-2H. The molecule has 0 aliphatic carbocycles. The van der Waals surface area contributed by atoms with E-state index in [1.54, 1.807) is 0 Å². The summed E-state index contributed by atoms with van der Waals surface area (Å²) in [7, 11) is -4.64. The Morgan fingerprint density at radius 3 is 1.43 bits per heavy atom. The number of aliphatic hydroxyl groups excluding tert-OH is 2. The van der Waals surface area contributed by atoms with Crippen molar-refractivity contribution in [2.75, 3.05) is 6.61 Å². The summed E-state index contributed by atoms with van der Waals surface area (Å²) in [5, 5.41) is 35.7. The quantitative estimate of drug-likeness (QED) is 0.145. The minimum atomic E-state index is -4.64. The van der Waals surface area contributed by atoms with E-state index in [0.29, 0.717) is 0 Å². The number of phosphoric acid groups is 1. The number of carboxylic acids is 1. The summed E-state index contributed by atoms with van der Waals surface area (Å²) in [5.74, 6) is -1.40. The van der Waals surface area contributed by atoms with E-state index >= 15 is 0 Å². The van der Waals surface area contributed by atoms with Crippen molar-refractivity contribution in [3.63, 3.8) is 0 Å². The van der Waals surface area contributed by atoms with Crippen LogP contribution in [-0.4, -0.2) is 59.2 Å². The van der Waals surface area contributed by atoms with Gasteiger partial charge in [0.05, 0.1) is 6.61 Å². The first-order chi connectivity index (χ1) is 6.18. The normalized spacial score (nSPS) is 11.4. The Hall–Kier alpha value is -0.580. The molecular formula is C3H11O10P. The molecule has 0 aliphatic heterocycles. The van der Waals surface area contributed by atoms with Crippen LogP contribution in [-0.2, 0) is 9.36 Å². The molecule has 0 spiro atoms. The topological polar surface area (TPSA) is 196 Å². The summed E-state index contributed by atoms with van der Waals surface area (Å²) in [4.78, 5) is 31.1. The number of aliphatic hydroxyl groups is 2. The van der Waals surface area contributed by atoms with Crippen LogP contribution in [0.2, 0.25) is 0 Å². The Morgan fingerprint density at radius 2 is 1.43 bits per heavy atom. The zero-order chi connectivity index (χ0) is 12.4. The minimum Gasteiger partial charge on any atom is -0.479 e. The van der Waals surface area contributed by atoms with E-state index in [4.69, 9.17) is 45.1 Å². The summed E-state index contributed by atoms with van der Waals surface area (Å²) >= 11 is 0. The maximum Gasteiger partial charge on any atom is 0.466 e. The lowest BCUT2D eigenvalue weighted by Gasteiger charge is -1.95. The fourth-order valence-corrected chi connectivity index (χ4v) is 0.0781. The zero-order valence-electron chi connectivity index (χ0n) is 6.63. The van der Waals surface area contributed by atoms with Gasteiger partial charge in [-0.1, -0.05) is 0 Å². The first-order valence-electron chi connectivity index (χ1n) is 2.68. The van der Waals surface area contributed by atoms with E-state index in [1.165, 1.54) is 0 Å². The van der Waals surface area contributed by atoms with Gasteiger partial charge in [-0.25, -0.2) is 9.36 Å². The molecule has 1 unspecified atom stereocenters. The van der Waals surface area contributed by atoms with E-state index in [0.717, 1.165) is 0 Å². The number of carboxylic acid groups (broad SMARTS) is 1. The molecule has 0 saturated carbocycles. The predicted molar refractivity (Wildman–Crippen MR) is 40.2 cm³/mol. The smallest absolute Gasteiger partial charge is 0.466 e. The van der Waals surface area contributed by atoms with Gasteiger partial charge in [0.25, 0.3) is 0 Å². The summed E-state index contributed by atoms with van der Waals surface area (Å²) in [6, 6.07) is 0. The molecule has 0 aromatic rings. The first-order valence-corrected chi connectivity index (χ1v) is 4.25. The number of hydrogen-bond donors (Lipinski definition) is 8. The summed E-state index contributed by atoms with van der Waals surface area (Å²) in [6.07, 6.45) is -1.63. The molecular weight excluding hydrogens is 227 g/mol. The van der Waals surface area contributed by atoms with Crippen LogP contribution in [0.15, 0.2) is 0 Å². The molecule has 0 aromatic heterocycles. The first kappa shape index (κ1) is 19.1. The van der Waals surface area contributed by atoms with E-state index in [1.807, 2.05) is 0 Å². The van der Waals surface area contributed by atoms with Gasteiger partial charge in [-0.3, -0.25) is 10.5 Å². The van der Waals surface area contributed by atoms with Crippen LogP contribution >= 0.6 is 7.82 Å². The van der Waals surface area contributed by atoms with Crippen LogP contribution in [0.4, 0.5) is 0 Å². The lowest BCUT2D eigenvalue weighted by Crippen LogP contribution is -2.22. The van der Waals surface area contributed by atoms with Crippen molar-refractivity contribution in [3.05, 3.63) is 0 Å². The van der Waals surface area contributed by atoms with Gasteiger partial charge >= 0.3 is 13.8 Å². The second-order valence-electron chi connectivity index (χ2n) is 1.55. The van der Waals surface area contributed by atoms with Crippen LogP contribution in [0.1, 0.15) is 0 Å². The maximum absolute atomic E-state index is 9.52. The van der Waals surface area contributed by atoms with Gasteiger partial charge in [-0.05, 0) is 0 Å². The van der Waals surface area contributed by atoms with Crippen LogP contribution in [0.5, 0.6) is 0 Å². The second-order valence-corrected chi connectivity index (χ2v) is 2.58. The van der Waals surface area contributed by atoms with Crippen molar-refractivity contribution in [2.24, 2.45) is 0 Å². The molecule has 8 N–H and O–H groups in total. The molecule has 11 heteroatoms. The molecule has 0 heterocycles. The van der Waals surface area contributed by atoms with Crippen LogP contribution in [0, 0.1) is 0 Å². The number of aliphatic carboxylic acids is 1. The highest BCUT2D eigenvalue weighted by Crippen LogP contribution is 2.25. The van der Waals surface area contributed by atoms with Crippen molar-refractivity contribution in [2.45, 2.75) is 6.10 Å². The van der Waals surface area contributed by atoms with Gasteiger partial charge in [-0.2, -0.15) is 0 Å². The Balaban J connectivity index is -0.000000152. The molecule has 0 radical (unpaired) electrons. The Kier molecular flexibility index (Phi) is 14.3. The molecule has 0 amide bonds. The Bertz CT molecular complexity index is 164. The van der Waals surface area contributed by atoms with E-state index < -0.39 is 26.5 Å². The summed E-state index contributed by atoms with van der Waals surface area (Å²) < 4.78 is 8.88. The minimum absolute atomic E-state index is 0.727. The molecule has 0 aliphatic rings. The highest BCUT2D eigenvalue weighted by molar-refractivity contribution is 7.45. The van der Waals surface area contributed by atoms with Crippen molar-refractivity contribution >= 4 is 13.8 Å². The molecule has 14 heavy (non-hydrogen) atoms. The molecule has 0 aromatic carbocycles. The maximum atomic E-state index is 9.52. The van der Waals surface area contributed by atoms with Gasteiger partial charge in [0.1, 0.15) is 0 Å². The Labute approximate surface area is 77.5 Å². The number of hydrogen-bond acceptors (Lipinski definition) is 6. The molecule has 88 valence electrons. The average molecular weight is 238 g/mol. The molecule has 0 saturated heterocycles.